The lowest BCUT2D eigenvalue weighted by Crippen LogP contribution is -2.30. The van der Waals surface area contributed by atoms with E-state index < -0.39 is 0 Å². The summed E-state index contributed by atoms with van der Waals surface area (Å²) in [6, 6.07) is 110. The fraction of sp³-hybridized carbons (Fsp3) is 0.124. The maximum absolute atomic E-state index is 5.72. The monoisotopic (exact) mass is 1420 g/mol. The molecule has 16 aromatic carbocycles. The average Bonchev–Trinajstić information content (AvgIpc) is 0.711. The number of hydrogen-bond acceptors (Lipinski definition) is 1. The zero-order valence-corrected chi connectivity index (χ0v) is 64.9. The maximum Gasteiger partial charge on any atom is 0.213 e. The van der Waals surface area contributed by atoms with Crippen molar-refractivity contribution in [2.75, 3.05) is 7.11 Å². The third kappa shape index (κ3) is 13.1. The van der Waals surface area contributed by atoms with Gasteiger partial charge in [-0.2, -0.15) is 0 Å². The Balaban J connectivity index is 0.000000107. The van der Waals surface area contributed by atoms with E-state index in [9.17, 15) is 0 Å². The predicted octanol–water partition coefficient (Wildman–Crippen LogP) is 25.1. The standard InChI is InChI=1S/C29H28N.C26H22NO.2C25H20N/c1-19-24-12-8-9-13-25(24)27(29(2,3)4)17-26(19)28-16-22-14-20-10-6-7-11-21(20)15-23(22)18-30(28)5;1-17-22-10-6-7-11-23(22)26(28-3)15-24(17)25-14-20-12-18-8-4-5-9-19(18)13-21(20)16-27(25)2;1-17-23-10-6-5-7-18(23)11-12-24(17)25-15-21-13-19-8-3-4-9-20(19)14-22(21)16-26(25)2;1-17-11-12-18-7-5-6-10-23(18)25(17)24-15-21-13-19-8-3-4-9-20(19)14-22(21)16-26(24)2/h6-18H,1-5H3;4-16H,1-3H3;2*3-16H,1-2H3/q4*+1. The number of rotatable bonds is 5. The molecule has 0 atom stereocenters. The first kappa shape index (κ1) is 70.0. The number of benzene rings is 16. The molecule has 5 nitrogen and oxygen atoms in total. The Morgan fingerprint density at radius 3 is 0.936 bits per heavy atom. The van der Waals surface area contributed by atoms with Gasteiger partial charge >= 0.3 is 0 Å². The van der Waals surface area contributed by atoms with Crippen LogP contribution in [0.15, 0.2) is 328 Å². The minimum absolute atomic E-state index is 0.0771. The normalized spacial score (nSPS) is 11.6. The molecule has 0 N–H and O–H groups in total. The summed E-state index contributed by atoms with van der Waals surface area (Å²) in [4.78, 5) is 0. The van der Waals surface area contributed by atoms with Crippen LogP contribution < -0.4 is 23.0 Å². The van der Waals surface area contributed by atoms with Crippen molar-refractivity contribution in [3.63, 3.8) is 0 Å². The van der Waals surface area contributed by atoms with E-state index >= 15 is 0 Å². The van der Waals surface area contributed by atoms with Crippen molar-refractivity contribution in [2.24, 2.45) is 28.2 Å². The van der Waals surface area contributed by atoms with Gasteiger partial charge in [-0.1, -0.05) is 233 Å². The minimum atomic E-state index is 0.0771. The molecule has 5 heteroatoms. The highest BCUT2D eigenvalue weighted by molar-refractivity contribution is 6.05. The van der Waals surface area contributed by atoms with Crippen molar-refractivity contribution in [1.82, 2.24) is 0 Å². The van der Waals surface area contributed by atoms with Crippen molar-refractivity contribution < 1.29 is 23.0 Å². The molecule has 0 amide bonds. The van der Waals surface area contributed by atoms with Crippen molar-refractivity contribution in [3.8, 4) is 50.8 Å². The van der Waals surface area contributed by atoms with Crippen LogP contribution in [0, 0.1) is 27.7 Å². The first-order valence-corrected chi connectivity index (χ1v) is 38.3. The molecule has 0 spiro atoms. The summed E-state index contributed by atoms with van der Waals surface area (Å²) in [6.45, 7) is 15.8. The molecule has 0 radical (unpaired) electrons. The molecule has 20 aromatic rings. The van der Waals surface area contributed by atoms with Gasteiger partial charge in [0.05, 0.1) is 18.2 Å². The summed E-state index contributed by atoms with van der Waals surface area (Å²) in [5.41, 5.74) is 16.8. The Labute approximate surface area is 644 Å². The van der Waals surface area contributed by atoms with Crippen LogP contribution in [0.4, 0.5) is 0 Å². The molecule has 0 bridgehead atoms. The van der Waals surface area contributed by atoms with Gasteiger partial charge in [0.1, 0.15) is 33.9 Å². The molecule has 110 heavy (non-hydrogen) atoms. The Kier molecular flexibility index (Phi) is 18.2. The molecule has 20 rings (SSSR count). The highest BCUT2D eigenvalue weighted by Crippen LogP contribution is 2.41. The topological polar surface area (TPSA) is 24.7 Å². The van der Waals surface area contributed by atoms with E-state index in [1.807, 2.05) is 0 Å². The molecule has 0 fully saturated rings. The van der Waals surface area contributed by atoms with Gasteiger partial charge in [0.15, 0.2) is 24.8 Å². The van der Waals surface area contributed by atoms with Crippen LogP contribution >= 0.6 is 0 Å². The van der Waals surface area contributed by atoms with Gasteiger partial charge in [-0.15, -0.1) is 0 Å². The van der Waals surface area contributed by atoms with Crippen molar-refractivity contribution >= 4 is 129 Å². The molecule has 4 heterocycles. The lowest BCUT2D eigenvalue weighted by atomic mass is 9.80. The number of methoxy groups -OCH3 is 1. The zero-order valence-electron chi connectivity index (χ0n) is 64.9. The van der Waals surface area contributed by atoms with Crippen molar-refractivity contribution in [3.05, 3.63) is 356 Å². The van der Waals surface area contributed by atoms with Crippen LogP contribution in [0.3, 0.4) is 0 Å². The Hall–Kier alpha value is -13.0. The van der Waals surface area contributed by atoms with Crippen LogP contribution in [0.25, 0.3) is 174 Å². The minimum Gasteiger partial charge on any atom is -0.496 e. The summed E-state index contributed by atoms with van der Waals surface area (Å²) in [6.07, 6.45) is 8.98. The molecule has 532 valence electrons. The summed E-state index contributed by atoms with van der Waals surface area (Å²) in [7, 11) is 10.3. The van der Waals surface area contributed by atoms with Crippen molar-refractivity contribution in [1.29, 1.82) is 0 Å². The van der Waals surface area contributed by atoms with E-state index in [1.165, 1.54) is 197 Å². The molecule has 0 aliphatic carbocycles. The lowest BCUT2D eigenvalue weighted by Gasteiger charge is -2.24. The smallest absolute Gasteiger partial charge is 0.213 e. The van der Waals surface area contributed by atoms with Gasteiger partial charge in [0.2, 0.25) is 22.8 Å². The van der Waals surface area contributed by atoms with Crippen LogP contribution in [0.1, 0.15) is 48.6 Å². The second-order valence-electron chi connectivity index (χ2n) is 31.0. The number of nitrogens with zero attached hydrogens (tertiary/aromatic N) is 4. The molecule has 0 aliphatic rings. The molecule has 0 saturated heterocycles. The maximum atomic E-state index is 5.72. The molecule has 0 saturated carbocycles. The van der Waals surface area contributed by atoms with E-state index in [0.29, 0.717) is 0 Å². The number of ether oxygens (including phenoxy) is 1. The Morgan fingerprint density at radius 1 is 0.236 bits per heavy atom. The van der Waals surface area contributed by atoms with Gasteiger partial charge in [0, 0.05) is 62.3 Å². The fourth-order valence-corrected chi connectivity index (χ4v) is 17.0. The summed E-state index contributed by atoms with van der Waals surface area (Å²) in [5.74, 6) is 0.912. The van der Waals surface area contributed by atoms with Gasteiger partial charge < -0.3 is 4.74 Å². The van der Waals surface area contributed by atoms with Crippen LogP contribution in [0.5, 0.6) is 5.75 Å². The highest BCUT2D eigenvalue weighted by atomic mass is 16.5. The second kappa shape index (κ2) is 28.6. The van der Waals surface area contributed by atoms with E-state index in [0.717, 1.165) is 11.1 Å². The number of aryl methyl sites for hydroxylation is 8. The predicted molar refractivity (Wildman–Crippen MR) is 466 cm³/mol. The van der Waals surface area contributed by atoms with Gasteiger partial charge in [-0.25, -0.2) is 18.3 Å². The second-order valence-corrected chi connectivity index (χ2v) is 31.0. The summed E-state index contributed by atoms with van der Waals surface area (Å²) in [5, 5.41) is 30.7. The third-order valence-corrected chi connectivity index (χ3v) is 22.9. The van der Waals surface area contributed by atoms with Crippen molar-refractivity contribution in [2.45, 2.75) is 53.9 Å². The lowest BCUT2D eigenvalue weighted by molar-refractivity contribution is -0.659. The molecular formula is C105H90N4O+4. The van der Waals surface area contributed by atoms with Gasteiger partial charge in [-0.3, -0.25) is 0 Å². The molecular weight excluding hydrogens is 1330 g/mol. The summed E-state index contributed by atoms with van der Waals surface area (Å²) < 4.78 is 14.7. The van der Waals surface area contributed by atoms with Gasteiger partial charge in [0.25, 0.3) is 0 Å². The van der Waals surface area contributed by atoms with Gasteiger partial charge in [-0.05, 0) is 230 Å². The number of aromatic nitrogens is 4. The van der Waals surface area contributed by atoms with Crippen LogP contribution in [-0.2, 0) is 33.6 Å². The third-order valence-electron chi connectivity index (χ3n) is 22.9. The fourth-order valence-electron chi connectivity index (χ4n) is 17.0. The number of pyridine rings is 4. The quantitative estimate of drug-likeness (QED) is 0.124. The van der Waals surface area contributed by atoms with E-state index in [4.69, 9.17) is 4.74 Å². The van der Waals surface area contributed by atoms with E-state index in [2.05, 4.69) is 423 Å². The molecule has 0 aliphatic heterocycles. The number of hydrogen-bond donors (Lipinski definition) is 0. The largest absolute Gasteiger partial charge is 0.496 e. The van der Waals surface area contributed by atoms with E-state index in [-0.39, 0.29) is 5.41 Å². The highest BCUT2D eigenvalue weighted by Gasteiger charge is 2.26. The van der Waals surface area contributed by atoms with E-state index in [1.54, 1.807) is 7.11 Å². The Morgan fingerprint density at radius 2 is 0.527 bits per heavy atom. The van der Waals surface area contributed by atoms with Crippen LogP contribution in [-0.4, -0.2) is 7.11 Å². The molecule has 4 aromatic heterocycles. The van der Waals surface area contributed by atoms with Crippen LogP contribution in [0.2, 0.25) is 0 Å². The SMILES string of the molecule is COc1cc(-c2cc3cc4ccccc4cc3c[n+]2C)c(C)c2ccccc12.Cc1c(-c2cc3cc4ccccc4cc3c[n+]2C)cc(C(C)(C)C)c2ccccc12.Cc1c(-c2cc3cc4ccccc4cc3c[n+]2C)ccc2ccccc12.Cc1ccc2ccccc2c1-c1cc2cc3ccccc3cc2c[n+]1C. The Bertz CT molecular complexity index is 7100. The average molecular weight is 1420 g/mol. The summed E-state index contributed by atoms with van der Waals surface area (Å²) >= 11 is 0. The molecule has 0 unspecified atom stereocenters. The first-order chi connectivity index (χ1) is 53.4. The zero-order chi connectivity index (χ0) is 75.6. The number of fused-ring (bicyclic) bond motifs is 12. The first-order valence-electron chi connectivity index (χ1n) is 38.3.